The number of hydrogen-bond acceptors (Lipinski definition) is 12. The number of primary amides is 1. The second-order valence-corrected chi connectivity index (χ2v) is 18.2. The number of amides is 7. The Balaban J connectivity index is 2.56. The highest BCUT2D eigenvalue weighted by Gasteiger charge is 2.39. The molecule has 0 fully saturated rings. The minimum atomic E-state index is -1.83. The number of aliphatic carboxylic acids is 3. The van der Waals surface area contributed by atoms with E-state index in [0.29, 0.717) is 24.2 Å². The van der Waals surface area contributed by atoms with Crippen molar-refractivity contribution in [3.8, 4) is 5.75 Å². The van der Waals surface area contributed by atoms with Gasteiger partial charge < -0.3 is 57.7 Å². The molecule has 0 aromatic heterocycles. The monoisotopic (exact) mass is 981 g/mol. The van der Waals surface area contributed by atoms with Gasteiger partial charge in [-0.2, -0.15) is 0 Å². The first-order valence-electron chi connectivity index (χ1n) is 22.9. The zero-order valence-corrected chi connectivity index (χ0v) is 40.3. The third-order valence-electron chi connectivity index (χ3n) is 10.6. The lowest BCUT2D eigenvalue weighted by atomic mass is 9.85. The van der Waals surface area contributed by atoms with Crippen LogP contribution in [0.4, 0.5) is 0 Å². The maximum Gasteiger partial charge on any atom is 0.305 e. The lowest BCUT2D eigenvalue weighted by molar-refractivity contribution is -0.142. The number of nitrogens with two attached hydrogens (primary N) is 1. The van der Waals surface area contributed by atoms with E-state index < -0.39 is 139 Å². The number of unbranched alkanes of at least 4 members (excludes halogenated alkanes) is 1. The standard InChI is InChI=1S/C48H67N7O15/c1-7-8-14-31(40(63)42(49)64)51-44(66)33(23-27(2)3)54-47(69)41(48(4,5)6)55-46(68)34(24-28-15-17-30(18-16-28)70-26-29-12-10-9-11-13-29)53-43(65)32(19-21-37(57)58)52-45(67)35(25-39(61)62)50-36(56)20-22-38(59)60/h9-13,15-18,27,31-35,41H,7-8,14,19-26H2,1-6H3,(H2,49,64)(H,50,56)(H,51,66)(H,52,67)(H,53,65)(H,54,69)(H,55,68)(H,57,58)(H,59,60)(H,61,62)/t31-,32-,33-,34-,35-,41+/m0/s1. The molecule has 2 aromatic rings. The Bertz CT molecular complexity index is 2160. The van der Waals surface area contributed by atoms with Crippen LogP contribution in [-0.2, 0) is 65.8 Å². The van der Waals surface area contributed by atoms with E-state index in [-0.39, 0.29) is 31.8 Å². The van der Waals surface area contributed by atoms with Gasteiger partial charge in [-0.25, -0.2) is 0 Å². The van der Waals surface area contributed by atoms with Gasteiger partial charge in [0.05, 0.1) is 18.9 Å². The number of nitrogens with one attached hydrogen (secondary N) is 6. The van der Waals surface area contributed by atoms with Crippen molar-refractivity contribution in [2.45, 2.75) is 149 Å². The summed E-state index contributed by atoms with van der Waals surface area (Å²) >= 11 is 0. The van der Waals surface area contributed by atoms with E-state index in [0.717, 1.165) is 5.56 Å². The Labute approximate surface area is 406 Å². The summed E-state index contributed by atoms with van der Waals surface area (Å²) in [4.78, 5) is 141. The van der Waals surface area contributed by atoms with E-state index in [1.54, 1.807) is 58.9 Å². The predicted molar refractivity (Wildman–Crippen MR) is 251 cm³/mol. The summed E-state index contributed by atoms with van der Waals surface area (Å²) < 4.78 is 5.88. The zero-order chi connectivity index (χ0) is 52.7. The highest BCUT2D eigenvalue weighted by molar-refractivity contribution is 6.37. The van der Waals surface area contributed by atoms with Gasteiger partial charge in [-0.1, -0.05) is 96.8 Å². The average molecular weight is 982 g/mol. The number of carbonyl (C=O) groups excluding carboxylic acids is 8. The van der Waals surface area contributed by atoms with Crippen LogP contribution in [0.2, 0.25) is 0 Å². The fourth-order valence-corrected chi connectivity index (χ4v) is 6.86. The number of ether oxygens (including phenoxy) is 1. The van der Waals surface area contributed by atoms with E-state index >= 15 is 0 Å². The quantitative estimate of drug-likeness (QED) is 0.0476. The van der Waals surface area contributed by atoms with Crippen LogP contribution in [0.1, 0.15) is 110 Å². The van der Waals surface area contributed by atoms with Crippen molar-refractivity contribution in [2.75, 3.05) is 0 Å². The van der Waals surface area contributed by atoms with Crippen molar-refractivity contribution in [3.63, 3.8) is 0 Å². The second-order valence-electron chi connectivity index (χ2n) is 18.2. The van der Waals surface area contributed by atoms with Crippen molar-refractivity contribution in [3.05, 3.63) is 65.7 Å². The van der Waals surface area contributed by atoms with Gasteiger partial charge in [0.2, 0.25) is 41.2 Å². The molecule has 0 radical (unpaired) electrons. The van der Waals surface area contributed by atoms with Crippen molar-refractivity contribution in [2.24, 2.45) is 17.1 Å². The Morgan fingerprint density at radius 2 is 1.13 bits per heavy atom. The molecule has 0 saturated carbocycles. The molecule has 6 atom stereocenters. The topological polar surface area (TPSA) is 356 Å². The van der Waals surface area contributed by atoms with E-state index in [1.807, 2.05) is 37.3 Å². The third-order valence-corrected chi connectivity index (χ3v) is 10.6. The molecule has 0 aliphatic heterocycles. The maximum atomic E-state index is 14.5. The van der Waals surface area contributed by atoms with Gasteiger partial charge in [-0.3, -0.25) is 52.7 Å². The van der Waals surface area contributed by atoms with Crippen LogP contribution < -0.4 is 42.4 Å². The van der Waals surface area contributed by atoms with Crippen molar-refractivity contribution < 1.29 is 72.8 Å². The first-order chi connectivity index (χ1) is 32.8. The van der Waals surface area contributed by atoms with Gasteiger partial charge in [-0.05, 0) is 53.9 Å². The molecule has 11 N–H and O–H groups in total. The Morgan fingerprint density at radius 3 is 1.67 bits per heavy atom. The Morgan fingerprint density at radius 1 is 0.586 bits per heavy atom. The van der Waals surface area contributed by atoms with Gasteiger partial charge >= 0.3 is 17.9 Å². The summed E-state index contributed by atoms with van der Waals surface area (Å²) in [6.45, 7) is 10.5. The third kappa shape index (κ3) is 21.7. The summed E-state index contributed by atoms with van der Waals surface area (Å²) in [6, 6.07) is 6.70. The molecule has 7 amide bonds. The van der Waals surface area contributed by atoms with Crippen LogP contribution in [0.3, 0.4) is 0 Å². The fraction of sp³-hybridized carbons (Fsp3) is 0.521. The molecule has 0 aliphatic rings. The van der Waals surface area contributed by atoms with Crippen LogP contribution in [0.25, 0.3) is 0 Å². The molecule has 0 saturated heterocycles. The highest BCUT2D eigenvalue weighted by Crippen LogP contribution is 2.22. The maximum absolute atomic E-state index is 14.5. The molecule has 2 aromatic carbocycles. The SMILES string of the molecule is CCCC[C@H](NC(=O)[C@H](CC(C)C)NC(=O)[C@@H](NC(=O)[C@H](Cc1ccc(OCc2ccccc2)cc1)NC(=O)[C@H](CCC(=O)O)NC(=O)[C@H](CC(=O)O)NC(=O)CCC(=O)O)C(C)(C)C)C(=O)C(N)=O. The summed E-state index contributed by atoms with van der Waals surface area (Å²) in [5.41, 5.74) is 5.52. The average Bonchev–Trinajstić information content (AvgIpc) is 3.28. The van der Waals surface area contributed by atoms with E-state index in [4.69, 9.17) is 15.6 Å². The summed E-state index contributed by atoms with van der Waals surface area (Å²) in [5, 5.41) is 42.7. The number of benzene rings is 2. The molecular weight excluding hydrogens is 915 g/mol. The van der Waals surface area contributed by atoms with Gasteiger partial charge in [0.15, 0.2) is 0 Å². The van der Waals surface area contributed by atoms with Crippen LogP contribution in [-0.4, -0.2) is 117 Å². The molecule has 0 heterocycles. The van der Waals surface area contributed by atoms with Gasteiger partial charge in [-0.15, -0.1) is 0 Å². The number of hydrogen-bond donors (Lipinski definition) is 10. The van der Waals surface area contributed by atoms with Gasteiger partial charge in [0, 0.05) is 19.3 Å². The second kappa shape index (κ2) is 28.8. The molecule has 22 heteroatoms. The summed E-state index contributed by atoms with van der Waals surface area (Å²) in [6.07, 6.45) is -2.53. The van der Waals surface area contributed by atoms with Crippen LogP contribution in [0.15, 0.2) is 54.6 Å². The van der Waals surface area contributed by atoms with Crippen molar-refractivity contribution in [1.29, 1.82) is 0 Å². The Hall–Kier alpha value is -7.39. The van der Waals surface area contributed by atoms with Crippen LogP contribution in [0.5, 0.6) is 5.75 Å². The molecule has 0 unspecified atom stereocenters. The molecular formula is C48H67N7O15. The van der Waals surface area contributed by atoms with Crippen molar-refractivity contribution in [1.82, 2.24) is 31.9 Å². The molecule has 384 valence electrons. The molecule has 2 rings (SSSR count). The smallest absolute Gasteiger partial charge is 0.305 e. The number of carboxylic acids is 3. The summed E-state index contributed by atoms with van der Waals surface area (Å²) in [7, 11) is 0. The zero-order valence-electron chi connectivity index (χ0n) is 40.3. The predicted octanol–water partition coefficient (Wildman–Crippen LogP) is 1.26. The highest BCUT2D eigenvalue weighted by atomic mass is 16.5. The van der Waals surface area contributed by atoms with Gasteiger partial charge in [0.1, 0.15) is 42.6 Å². The molecule has 0 spiro atoms. The lowest BCUT2D eigenvalue weighted by Crippen LogP contribution is -2.62. The Kier molecular flexibility index (Phi) is 24.2. The normalized spacial score (nSPS) is 13.7. The van der Waals surface area contributed by atoms with E-state index in [9.17, 15) is 63.0 Å². The molecule has 22 nitrogen and oxygen atoms in total. The lowest BCUT2D eigenvalue weighted by Gasteiger charge is -2.34. The fourth-order valence-electron chi connectivity index (χ4n) is 6.86. The number of carbonyl (C=O) groups is 11. The molecule has 0 bridgehead atoms. The molecule has 70 heavy (non-hydrogen) atoms. The van der Waals surface area contributed by atoms with Crippen LogP contribution in [0, 0.1) is 11.3 Å². The number of rotatable bonds is 31. The first kappa shape index (κ1) is 58.7. The number of ketones is 1. The van der Waals surface area contributed by atoms with Gasteiger partial charge in [0.25, 0.3) is 5.91 Å². The minimum absolute atomic E-state index is 0.0696. The first-order valence-corrected chi connectivity index (χ1v) is 22.9. The minimum Gasteiger partial charge on any atom is -0.489 e. The largest absolute Gasteiger partial charge is 0.489 e. The van der Waals surface area contributed by atoms with E-state index in [2.05, 4.69) is 31.9 Å². The van der Waals surface area contributed by atoms with Crippen molar-refractivity contribution >= 4 is 65.0 Å². The molecule has 0 aliphatic carbocycles. The summed E-state index contributed by atoms with van der Waals surface area (Å²) in [5.74, 6) is -12.2. The number of Topliss-reactive ketones (excluding diaryl/α,β-unsaturated/α-hetero) is 1. The number of carboxylic acid groups (broad SMARTS) is 3. The van der Waals surface area contributed by atoms with E-state index in [1.165, 1.54) is 0 Å². The van der Waals surface area contributed by atoms with Crippen LogP contribution >= 0.6 is 0 Å².